The van der Waals surface area contributed by atoms with Crippen molar-refractivity contribution >= 4 is 29.4 Å². The molecule has 1 unspecified atom stereocenters. The summed E-state index contributed by atoms with van der Waals surface area (Å²) in [6, 6.07) is -1.65. The summed E-state index contributed by atoms with van der Waals surface area (Å²) < 4.78 is 0. The summed E-state index contributed by atoms with van der Waals surface area (Å²) in [7, 11) is 0. The van der Waals surface area contributed by atoms with Gasteiger partial charge in [0, 0.05) is 32.2 Å². The highest BCUT2D eigenvalue weighted by Crippen LogP contribution is 2.26. The van der Waals surface area contributed by atoms with Crippen LogP contribution in [-0.2, 0) is 24.0 Å². The van der Waals surface area contributed by atoms with Crippen LogP contribution in [0, 0.1) is 11.8 Å². The SMILES string of the molecule is CCC(C)[C@H](CC(=O)[C@@H]1CCCN1C(=O)[C@H](CCC(N)=O)NC(C)=O)C(=O)NO. The van der Waals surface area contributed by atoms with Crippen molar-refractivity contribution in [2.45, 2.75) is 71.4 Å². The molecule has 1 heterocycles. The standard InChI is InChI=1S/C19H32N4O6/c1-4-11(2)13(18(27)22-29)10-16(25)15-6-5-9-23(15)19(28)14(21-12(3)24)7-8-17(20)26/h11,13-15,29H,4-10H2,1-3H3,(H2,20,26)(H,21,24)(H,22,27)/t11?,13-,14-,15-/m0/s1. The maximum Gasteiger partial charge on any atom is 0.247 e. The van der Waals surface area contributed by atoms with Gasteiger partial charge in [0.2, 0.25) is 23.6 Å². The van der Waals surface area contributed by atoms with Crippen LogP contribution >= 0.6 is 0 Å². The number of primary amides is 1. The molecule has 10 heteroatoms. The highest BCUT2D eigenvalue weighted by molar-refractivity contribution is 5.95. The number of rotatable bonds is 11. The molecule has 0 spiro atoms. The Morgan fingerprint density at radius 3 is 2.41 bits per heavy atom. The molecule has 1 aliphatic rings. The molecule has 0 aromatic heterocycles. The summed E-state index contributed by atoms with van der Waals surface area (Å²) in [5.41, 5.74) is 6.76. The second kappa shape index (κ2) is 11.5. The van der Waals surface area contributed by atoms with E-state index in [4.69, 9.17) is 10.9 Å². The number of amides is 4. The minimum absolute atomic E-state index is 0.0492. The van der Waals surface area contributed by atoms with Gasteiger partial charge in [0.05, 0.1) is 6.04 Å². The molecule has 0 aliphatic carbocycles. The van der Waals surface area contributed by atoms with Gasteiger partial charge in [-0.3, -0.25) is 29.2 Å². The fourth-order valence-electron chi connectivity index (χ4n) is 3.63. The number of hydrogen-bond donors (Lipinski definition) is 4. The predicted octanol–water partition coefficient (Wildman–Crippen LogP) is -0.125. The molecule has 1 fully saturated rings. The third-order valence-corrected chi connectivity index (χ3v) is 5.46. The molecular formula is C19H32N4O6. The summed E-state index contributed by atoms with van der Waals surface area (Å²) in [5.74, 6) is -3.17. The largest absolute Gasteiger partial charge is 0.370 e. The van der Waals surface area contributed by atoms with Crippen LogP contribution in [0.2, 0.25) is 0 Å². The van der Waals surface area contributed by atoms with Crippen LogP contribution in [0.5, 0.6) is 0 Å². The summed E-state index contributed by atoms with van der Waals surface area (Å²) in [6.45, 7) is 5.32. The maximum atomic E-state index is 13.0. The maximum absolute atomic E-state index is 13.0. The number of ketones is 1. The average Bonchev–Trinajstić information content (AvgIpc) is 3.16. The normalized spacial score (nSPS) is 19.2. The van der Waals surface area contributed by atoms with Crippen molar-refractivity contribution in [2.24, 2.45) is 17.6 Å². The Morgan fingerprint density at radius 2 is 1.90 bits per heavy atom. The van der Waals surface area contributed by atoms with E-state index in [1.54, 1.807) is 5.48 Å². The van der Waals surface area contributed by atoms with E-state index >= 15 is 0 Å². The van der Waals surface area contributed by atoms with E-state index in [0.29, 0.717) is 25.8 Å². The molecule has 1 saturated heterocycles. The summed E-state index contributed by atoms with van der Waals surface area (Å²) >= 11 is 0. The number of Topliss-reactive ketones (excluding diaryl/α,β-unsaturated/α-hetero) is 1. The van der Waals surface area contributed by atoms with Gasteiger partial charge in [0.15, 0.2) is 5.78 Å². The van der Waals surface area contributed by atoms with E-state index in [9.17, 15) is 24.0 Å². The van der Waals surface area contributed by atoms with Crippen LogP contribution in [0.1, 0.15) is 59.3 Å². The first kappa shape index (κ1) is 24.5. The molecule has 0 saturated carbocycles. The van der Waals surface area contributed by atoms with E-state index in [2.05, 4.69) is 5.32 Å². The third-order valence-electron chi connectivity index (χ3n) is 5.46. The van der Waals surface area contributed by atoms with Crippen molar-refractivity contribution < 1.29 is 29.2 Å². The number of hydroxylamine groups is 1. The Morgan fingerprint density at radius 1 is 1.24 bits per heavy atom. The zero-order valence-corrected chi connectivity index (χ0v) is 17.3. The number of likely N-dealkylation sites (tertiary alicyclic amines) is 1. The summed E-state index contributed by atoms with van der Waals surface area (Å²) in [5, 5.41) is 11.5. The lowest BCUT2D eigenvalue weighted by atomic mass is 9.85. The molecule has 29 heavy (non-hydrogen) atoms. The van der Waals surface area contributed by atoms with Crippen molar-refractivity contribution in [1.82, 2.24) is 15.7 Å². The minimum atomic E-state index is -0.945. The quantitative estimate of drug-likeness (QED) is 0.273. The Labute approximate surface area is 170 Å². The smallest absolute Gasteiger partial charge is 0.247 e. The minimum Gasteiger partial charge on any atom is -0.370 e. The number of carbonyl (C=O) groups is 5. The zero-order valence-electron chi connectivity index (χ0n) is 17.3. The van der Waals surface area contributed by atoms with E-state index in [1.165, 1.54) is 11.8 Å². The van der Waals surface area contributed by atoms with Gasteiger partial charge >= 0.3 is 0 Å². The molecule has 1 rings (SSSR count). The van der Waals surface area contributed by atoms with Crippen molar-refractivity contribution in [3.05, 3.63) is 0 Å². The molecule has 0 aromatic carbocycles. The fourth-order valence-corrected chi connectivity index (χ4v) is 3.63. The molecule has 4 atom stereocenters. The van der Waals surface area contributed by atoms with Crippen LogP contribution in [0.4, 0.5) is 0 Å². The van der Waals surface area contributed by atoms with Gasteiger partial charge in [-0.15, -0.1) is 0 Å². The van der Waals surface area contributed by atoms with Crippen LogP contribution in [0.15, 0.2) is 0 Å². The lowest BCUT2D eigenvalue weighted by Crippen LogP contribution is -2.52. The predicted molar refractivity (Wildman–Crippen MR) is 103 cm³/mol. The van der Waals surface area contributed by atoms with E-state index in [-0.39, 0.29) is 31.0 Å². The summed E-state index contributed by atoms with van der Waals surface area (Å²) in [4.78, 5) is 61.8. The van der Waals surface area contributed by atoms with Crippen molar-refractivity contribution in [3.8, 4) is 0 Å². The van der Waals surface area contributed by atoms with Crippen molar-refractivity contribution in [1.29, 1.82) is 0 Å². The number of nitrogens with one attached hydrogen (secondary N) is 2. The Kier molecular flexibility index (Phi) is 9.73. The molecule has 10 nitrogen and oxygen atoms in total. The highest BCUT2D eigenvalue weighted by Gasteiger charge is 2.39. The first-order chi connectivity index (χ1) is 13.6. The zero-order chi connectivity index (χ0) is 22.1. The van der Waals surface area contributed by atoms with Gasteiger partial charge in [-0.1, -0.05) is 20.3 Å². The third kappa shape index (κ3) is 7.12. The molecule has 0 bridgehead atoms. The van der Waals surface area contributed by atoms with Crippen molar-refractivity contribution in [2.75, 3.05) is 6.54 Å². The Hall–Kier alpha value is -2.49. The van der Waals surface area contributed by atoms with Crippen LogP contribution in [0.25, 0.3) is 0 Å². The molecular weight excluding hydrogens is 380 g/mol. The van der Waals surface area contributed by atoms with Crippen LogP contribution in [-0.4, -0.2) is 58.1 Å². The van der Waals surface area contributed by atoms with Crippen molar-refractivity contribution in [3.63, 3.8) is 0 Å². The van der Waals surface area contributed by atoms with Gasteiger partial charge in [-0.05, 0) is 25.2 Å². The van der Waals surface area contributed by atoms with Gasteiger partial charge in [-0.25, -0.2) is 5.48 Å². The first-order valence-corrected chi connectivity index (χ1v) is 9.94. The second-order valence-corrected chi connectivity index (χ2v) is 7.59. The van der Waals surface area contributed by atoms with E-state index in [0.717, 1.165) is 0 Å². The Bertz CT molecular complexity index is 638. The molecule has 0 radical (unpaired) electrons. The number of hydrogen-bond acceptors (Lipinski definition) is 6. The molecule has 5 N–H and O–H groups in total. The average molecular weight is 412 g/mol. The molecule has 164 valence electrons. The lowest BCUT2D eigenvalue weighted by Gasteiger charge is -2.29. The highest BCUT2D eigenvalue weighted by atomic mass is 16.5. The lowest BCUT2D eigenvalue weighted by molar-refractivity contribution is -0.143. The molecule has 0 aromatic rings. The first-order valence-electron chi connectivity index (χ1n) is 9.94. The topological polar surface area (TPSA) is 159 Å². The van der Waals surface area contributed by atoms with Gasteiger partial charge < -0.3 is 16.0 Å². The fraction of sp³-hybridized carbons (Fsp3) is 0.737. The van der Waals surface area contributed by atoms with Gasteiger partial charge in [0.25, 0.3) is 0 Å². The van der Waals surface area contributed by atoms with Crippen LogP contribution in [0.3, 0.4) is 0 Å². The number of nitrogens with zero attached hydrogens (tertiary/aromatic N) is 1. The molecule has 1 aliphatic heterocycles. The van der Waals surface area contributed by atoms with Crippen LogP contribution < -0.4 is 16.5 Å². The Balaban J connectivity index is 2.93. The second-order valence-electron chi connectivity index (χ2n) is 7.59. The van der Waals surface area contributed by atoms with Gasteiger partial charge in [-0.2, -0.15) is 0 Å². The summed E-state index contributed by atoms with van der Waals surface area (Å²) in [6.07, 6.45) is 1.61. The number of carbonyl (C=O) groups excluding carboxylic acids is 5. The van der Waals surface area contributed by atoms with E-state index < -0.39 is 41.6 Å². The number of nitrogens with two attached hydrogens (primary N) is 1. The van der Waals surface area contributed by atoms with E-state index in [1.807, 2.05) is 13.8 Å². The van der Waals surface area contributed by atoms with Gasteiger partial charge in [0.1, 0.15) is 6.04 Å². The molecule has 4 amide bonds. The monoisotopic (exact) mass is 412 g/mol.